The van der Waals surface area contributed by atoms with Crippen molar-refractivity contribution in [1.29, 1.82) is 0 Å². The zero-order valence-electron chi connectivity index (χ0n) is 7.32. The Labute approximate surface area is 76.4 Å². The fourth-order valence-electron chi connectivity index (χ4n) is 0.795. The number of guanidine groups is 1. The first-order valence-corrected chi connectivity index (χ1v) is 3.71. The number of ether oxygens (including phenoxy) is 1. The van der Waals surface area contributed by atoms with Crippen molar-refractivity contribution in [2.45, 2.75) is 0 Å². The molecule has 0 spiro atoms. The molecular formula is C8H12N4O. The summed E-state index contributed by atoms with van der Waals surface area (Å²) in [5.74, 6) is 0.783. The molecule has 0 heterocycles. The average Bonchev–Trinajstić information content (AvgIpc) is 2.15. The summed E-state index contributed by atoms with van der Waals surface area (Å²) in [5.41, 5.74) is 13.8. The normalized spacial score (nSPS) is 9.00. The van der Waals surface area contributed by atoms with Gasteiger partial charge in [0.25, 0.3) is 0 Å². The third-order valence-corrected chi connectivity index (χ3v) is 1.40. The fraction of sp³-hybridized carbons (Fsp3) is 0.125. The van der Waals surface area contributed by atoms with Crippen molar-refractivity contribution in [1.82, 2.24) is 0 Å². The van der Waals surface area contributed by atoms with E-state index in [2.05, 4.69) is 10.5 Å². The molecule has 0 aliphatic carbocycles. The molecule has 0 aliphatic rings. The Bertz CT molecular complexity index is 290. The van der Waals surface area contributed by atoms with Gasteiger partial charge in [0.05, 0.1) is 12.8 Å². The van der Waals surface area contributed by atoms with E-state index < -0.39 is 0 Å². The maximum atomic E-state index is 5.14. The van der Waals surface area contributed by atoms with Crippen molar-refractivity contribution in [3.8, 4) is 5.75 Å². The summed E-state index contributed by atoms with van der Waals surface area (Å²) in [6, 6.07) is 7.24. The van der Waals surface area contributed by atoms with Crippen molar-refractivity contribution in [3.05, 3.63) is 24.3 Å². The zero-order chi connectivity index (χ0) is 9.68. The van der Waals surface area contributed by atoms with Crippen LogP contribution in [0.4, 0.5) is 5.69 Å². The van der Waals surface area contributed by atoms with Gasteiger partial charge in [-0.15, -0.1) is 5.10 Å². The first-order valence-electron chi connectivity index (χ1n) is 3.71. The molecule has 0 radical (unpaired) electrons. The van der Waals surface area contributed by atoms with Crippen LogP contribution in [-0.2, 0) is 0 Å². The van der Waals surface area contributed by atoms with Crippen LogP contribution in [0, 0.1) is 0 Å². The molecule has 5 nitrogen and oxygen atoms in total. The Morgan fingerprint density at radius 1 is 1.31 bits per heavy atom. The van der Waals surface area contributed by atoms with E-state index in [4.69, 9.17) is 16.2 Å². The lowest BCUT2D eigenvalue weighted by molar-refractivity contribution is 0.415. The van der Waals surface area contributed by atoms with Crippen LogP contribution in [-0.4, -0.2) is 13.1 Å². The van der Waals surface area contributed by atoms with E-state index in [9.17, 15) is 0 Å². The van der Waals surface area contributed by atoms with Gasteiger partial charge in [0.2, 0.25) is 5.96 Å². The topological polar surface area (TPSA) is 85.7 Å². The molecule has 0 aromatic heterocycles. The van der Waals surface area contributed by atoms with Gasteiger partial charge in [-0.05, 0) is 24.3 Å². The lowest BCUT2D eigenvalue weighted by atomic mass is 10.3. The van der Waals surface area contributed by atoms with Crippen LogP contribution in [0.3, 0.4) is 0 Å². The molecule has 0 amide bonds. The summed E-state index contributed by atoms with van der Waals surface area (Å²) in [5, 5.41) is 3.63. The standard InChI is InChI=1S/C8H12N4O/c1-13-7-4-2-6(3-5-7)11-12-8(9)10/h2-5,11H,1H3,(H4,9,10,12). The minimum Gasteiger partial charge on any atom is -0.497 e. The van der Waals surface area contributed by atoms with Crippen molar-refractivity contribution >= 4 is 11.6 Å². The summed E-state index contributed by atoms with van der Waals surface area (Å²) in [4.78, 5) is 0. The lowest BCUT2D eigenvalue weighted by Crippen LogP contribution is -2.23. The highest BCUT2D eigenvalue weighted by atomic mass is 16.5. The van der Waals surface area contributed by atoms with Crippen LogP contribution < -0.4 is 21.6 Å². The van der Waals surface area contributed by atoms with Gasteiger partial charge in [0.1, 0.15) is 5.75 Å². The lowest BCUT2D eigenvalue weighted by Gasteiger charge is -2.02. The molecule has 1 rings (SSSR count). The maximum Gasteiger partial charge on any atom is 0.208 e. The molecule has 13 heavy (non-hydrogen) atoms. The van der Waals surface area contributed by atoms with Crippen molar-refractivity contribution in [2.75, 3.05) is 12.5 Å². The van der Waals surface area contributed by atoms with E-state index in [1.54, 1.807) is 7.11 Å². The smallest absolute Gasteiger partial charge is 0.208 e. The molecule has 70 valence electrons. The highest BCUT2D eigenvalue weighted by Crippen LogP contribution is 2.14. The van der Waals surface area contributed by atoms with E-state index in [0.29, 0.717) is 0 Å². The summed E-state index contributed by atoms with van der Waals surface area (Å²) >= 11 is 0. The molecule has 0 fully saturated rings. The highest BCUT2D eigenvalue weighted by molar-refractivity contribution is 5.76. The molecule has 5 heteroatoms. The summed E-state index contributed by atoms with van der Waals surface area (Å²) in [7, 11) is 1.61. The van der Waals surface area contributed by atoms with Crippen LogP contribution in [0.25, 0.3) is 0 Å². The molecule has 0 bridgehead atoms. The Hall–Kier alpha value is -1.91. The van der Waals surface area contributed by atoms with E-state index in [1.165, 1.54) is 0 Å². The van der Waals surface area contributed by atoms with Crippen LogP contribution in [0.5, 0.6) is 5.75 Å². The monoisotopic (exact) mass is 180 g/mol. The van der Waals surface area contributed by atoms with Crippen molar-refractivity contribution in [3.63, 3.8) is 0 Å². The number of nitrogens with zero attached hydrogens (tertiary/aromatic N) is 1. The fourth-order valence-corrected chi connectivity index (χ4v) is 0.795. The average molecular weight is 180 g/mol. The number of methoxy groups -OCH3 is 1. The molecular weight excluding hydrogens is 168 g/mol. The number of hydrogen-bond acceptors (Lipinski definition) is 3. The van der Waals surface area contributed by atoms with Crippen LogP contribution >= 0.6 is 0 Å². The largest absolute Gasteiger partial charge is 0.497 e. The van der Waals surface area contributed by atoms with Gasteiger partial charge in [-0.25, -0.2) is 0 Å². The van der Waals surface area contributed by atoms with Gasteiger partial charge in [0.15, 0.2) is 0 Å². The highest BCUT2D eigenvalue weighted by Gasteiger charge is 1.91. The van der Waals surface area contributed by atoms with Gasteiger partial charge < -0.3 is 16.2 Å². The van der Waals surface area contributed by atoms with Gasteiger partial charge >= 0.3 is 0 Å². The number of hydrogen-bond donors (Lipinski definition) is 3. The quantitative estimate of drug-likeness (QED) is 0.354. The second-order valence-corrected chi connectivity index (χ2v) is 2.38. The van der Waals surface area contributed by atoms with E-state index >= 15 is 0 Å². The summed E-state index contributed by atoms with van der Waals surface area (Å²) in [6.07, 6.45) is 0. The second-order valence-electron chi connectivity index (χ2n) is 2.38. The first-order chi connectivity index (χ1) is 6.22. The molecule has 5 N–H and O–H groups in total. The number of benzene rings is 1. The molecule has 0 saturated heterocycles. The molecule has 0 atom stereocenters. The third-order valence-electron chi connectivity index (χ3n) is 1.40. The first kappa shape index (κ1) is 9.18. The number of hydrazone groups is 1. The Morgan fingerprint density at radius 3 is 2.38 bits per heavy atom. The van der Waals surface area contributed by atoms with Gasteiger partial charge in [0, 0.05) is 0 Å². The molecule has 1 aromatic carbocycles. The maximum absolute atomic E-state index is 5.14. The minimum atomic E-state index is -0.00387. The molecule has 0 saturated carbocycles. The molecule has 0 unspecified atom stereocenters. The van der Waals surface area contributed by atoms with Crippen molar-refractivity contribution < 1.29 is 4.74 Å². The van der Waals surface area contributed by atoms with Gasteiger partial charge in [-0.3, -0.25) is 5.43 Å². The van der Waals surface area contributed by atoms with E-state index in [0.717, 1.165) is 11.4 Å². The summed E-state index contributed by atoms with van der Waals surface area (Å²) < 4.78 is 4.98. The van der Waals surface area contributed by atoms with E-state index in [1.807, 2.05) is 24.3 Å². The number of anilines is 1. The Kier molecular flexibility index (Phi) is 2.97. The third kappa shape index (κ3) is 2.90. The number of nitrogens with two attached hydrogens (primary N) is 2. The Morgan fingerprint density at radius 2 is 1.92 bits per heavy atom. The van der Waals surface area contributed by atoms with Crippen LogP contribution in [0.1, 0.15) is 0 Å². The van der Waals surface area contributed by atoms with Crippen LogP contribution in [0.15, 0.2) is 29.4 Å². The SMILES string of the molecule is COc1ccc(NN=C(N)N)cc1. The van der Waals surface area contributed by atoms with Gasteiger partial charge in [-0.1, -0.05) is 0 Å². The van der Waals surface area contributed by atoms with Gasteiger partial charge in [-0.2, -0.15) is 0 Å². The second kappa shape index (κ2) is 4.20. The zero-order valence-corrected chi connectivity index (χ0v) is 7.32. The minimum absolute atomic E-state index is 0.00387. The van der Waals surface area contributed by atoms with E-state index in [-0.39, 0.29) is 5.96 Å². The van der Waals surface area contributed by atoms with Crippen LogP contribution in [0.2, 0.25) is 0 Å². The Balaban J connectivity index is 2.64. The number of nitrogens with one attached hydrogen (secondary N) is 1. The molecule has 0 aliphatic heterocycles. The number of rotatable bonds is 3. The summed E-state index contributed by atoms with van der Waals surface area (Å²) in [6.45, 7) is 0. The predicted octanol–water partition coefficient (Wildman–Crippen LogP) is 0.295. The predicted molar refractivity (Wildman–Crippen MR) is 52.4 cm³/mol. The molecule has 1 aromatic rings. The van der Waals surface area contributed by atoms with Crippen molar-refractivity contribution in [2.24, 2.45) is 16.6 Å².